The Hall–Kier alpha value is -2.86. The molecule has 0 spiro atoms. The van der Waals surface area contributed by atoms with Crippen molar-refractivity contribution in [1.82, 2.24) is 5.32 Å². The third-order valence-corrected chi connectivity index (χ3v) is 2.56. The number of hydrogen-bond acceptors (Lipinski definition) is 5. The number of nitrogens with two attached hydrogens (primary N) is 1. The van der Waals surface area contributed by atoms with Gasteiger partial charge in [0.25, 0.3) is 0 Å². The minimum Gasteiger partial charge on any atom is -0.361 e. The highest BCUT2D eigenvalue weighted by molar-refractivity contribution is 5.92. The molecule has 0 unspecified atom stereocenters. The van der Waals surface area contributed by atoms with E-state index in [9.17, 15) is 4.79 Å². The van der Waals surface area contributed by atoms with Gasteiger partial charge in [0, 0.05) is 11.4 Å². The normalized spacial score (nSPS) is 10.5. The highest BCUT2D eigenvalue weighted by atomic mass is 16.1. The van der Waals surface area contributed by atoms with Gasteiger partial charge >= 0.3 is 0 Å². The quantitative estimate of drug-likeness (QED) is 0.543. The molecule has 0 fully saturated rings. The first-order chi connectivity index (χ1) is 12.0. The molecular formula is C19H29N5O. The summed E-state index contributed by atoms with van der Waals surface area (Å²) in [5.41, 5.74) is 7.48. The molecule has 0 aromatic heterocycles. The summed E-state index contributed by atoms with van der Waals surface area (Å²) in [5.74, 6) is 0.217. The SMILES string of the molecule is C=CNC(/C=N\C(=C)Nc1cccc(NC(=O)CN)c1)=C/C.CCC. The highest BCUT2D eigenvalue weighted by Crippen LogP contribution is 2.16. The molecule has 1 aromatic carbocycles. The Morgan fingerprint density at radius 3 is 2.40 bits per heavy atom. The number of amides is 1. The van der Waals surface area contributed by atoms with Crippen LogP contribution in [0.4, 0.5) is 11.4 Å². The summed E-state index contributed by atoms with van der Waals surface area (Å²) in [6.07, 6.45) is 6.32. The number of nitrogens with zero attached hydrogens (tertiary/aromatic N) is 1. The first kappa shape index (κ1) is 22.1. The van der Waals surface area contributed by atoms with Crippen molar-refractivity contribution < 1.29 is 4.79 Å². The summed E-state index contributed by atoms with van der Waals surface area (Å²) in [4.78, 5) is 15.5. The van der Waals surface area contributed by atoms with Crippen LogP contribution in [0.2, 0.25) is 0 Å². The summed E-state index contributed by atoms with van der Waals surface area (Å²) < 4.78 is 0. The second kappa shape index (κ2) is 13.6. The predicted molar refractivity (Wildman–Crippen MR) is 108 cm³/mol. The van der Waals surface area contributed by atoms with Gasteiger partial charge in [-0.2, -0.15) is 0 Å². The second-order valence-electron chi connectivity index (χ2n) is 4.96. The predicted octanol–water partition coefficient (Wildman–Crippen LogP) is 3.59. The Bertz CT molecular complexity index is 620. The number of rotatable bonds is 8. The van der Waals surface area contributed by atoms with Crippen LogP contribution in [0.5, 0.6) is 0 Å². The Labute approximate surface area is 150 Å². The molecule has 136 valence electrons. The number of nitrogens with one attached hydrogen (secondary N) is 3. The maximum absolute atomic E-state index is 11.3. The van der Waals surface area contributed by atoms with E-state index in [1.165, 1.54) is 6.42 Å². The molecule has 0 aliphatic carbocycles. The fourth-order valence-corrected chi connectivity index (χ4v) is 1.55. The van der Waals surface area contributed by atoms with E-state index in [1.807, 2.05) is 25.1 Å². The largest absolute Gasteiger partial charge is 0.361 e. The number of carbonyl (C=O) groups excluding carboxylic acids is 1. The highest BCUT2D eigenvalue weighted by Gasteiger charge is 2.00. The van der Waals surface area contributed by atoms with E-state index in [-0.39, 0.29) is 12.5 Å². The lowest BCUT2D eigenvalue weighted by Gasteiger charge is -2.09. The van der Waals surface area contributed by atoms with Gasteiger partial charge in [0.1, 0.15) is 5.82 Å². The van der Waals surface area contributed by atoms with Crippen molar-refractivity contribution in [2.24, 2.45) is 10.7 Å². The molecular weight excluding hydrogens is 314 g/mol. The number of benzene rings is 1. The molecule has 0 atom stereocenters. The van der Waals surface area contributed by atoms with E-state index < -0.39 is 0 Å². The number of anilines is 2. The zero-order valence-corrected chi connectivity index (χ0v) is 15.3. The van der Waals surface area contributed by atoms with Crippen LogP contribution in [-0.4, -0.2) is 18.7 Å². The van der Waals surface area contributed by atoms with E-state index in [0.717, 1.165) is 11.4 Å². The van der Waals surface area contributed by atoms with E-state index in [4.69, 9.17) is 5.73 Å². The van der Waals surface area contributed by atoms with Crippen LogP contribution in [0.15, 0.2) is 66.2 Å². The Morgan fingerprint density at radius 1 is 1.28 bits per heavy atom. The molecule has 6 nitrogen and oxygen atoms in total. The van der Waals surface area contributed by atoms with Crippen LogP contribution in [0.3, 0.4) is 0 Å². The average molecular weight is 343 g/mol. The standard InChI is InChI=1S/C16H21N5O.C3H8/c1-4-13(18-5-2)11-19-12(3)20-14-7-6-8-15(9-14)21-16(22)10-17;1-3-2/h4-9,11,18,20H,2-3,10,17H2,1H3,(H,21,22);3H2,1-2H3/b13-4+,19-11-;. The Balaban J connectivity index is 0.00000178. The van der Waals surface area contributed by atoms with Gasteiger partial charge in [0.05, 0.1) is 18.5 Å². The Morgan fingerprint density at radius 2 is 1.88 bits per heavy atom. The number of carbonyl (C=O) groups is 1. The summed E-state index contributed by atoms with van der Waals surface area (Å²) >= 11 is 0. The summed E-state index contributed by atoms with van der Waals surface area (Å²) in [6.45, 7) is 13.5. The molecule has 0 saturated carbocycles. The lowest BCUT2D eigenvalue weighted by atomic mass is 10.2. The van der Waals surface area contributed by atoms with Crippen molar-refractivity contribution in [3.63, 3.8) is 0 Å². The van der Waals surface area contributed by atoms with Gasteiger partial charge in [-0.3, -0.25) is 4.79 Å². The van der Waals surface area contributed by atoms with Crippen LogP contribution in [-0.2, 0) is 4.79 Å². The fraction of sp³-hybridized carbons (Fsp3) is 0.263. The summed E-state index contributed by atoms with van der Waals surface area (Å²) in [5, 5.41) is 8.65. The number of aliphatic imine (C=N–C) groups is 1. The van der Waals surface area contributed by atoms with Crippen LogP contribution >= 0.6 is 0 Å². The van der Waals surface area contributed by atoms with E-state index in [1.54, 1.807) is 24.5 Å². The molecule has 0 aliphatic rings. The van der Waals surface area contributed by atoms with Crippen LogP contribution in [0, 0.1) is 0 Å². The number of allylic oxidation sites excluding steroid dienone is 2. The number of hydrogen-bond donors (Lipinski definition) is 4. The fourth-order valence-electron chi connectivity index (χ4n) is 1.55. The lowest BCUT2D eigenvalue weighted by Crippen LogP contribution is -2.21. The molecule has 25 heavy (non-hydrogen) atoms. The van der Waals surface area contributed by atoms with Crippen molar-refractivity contribution in [2.45, 2.75) is 27.2 Å². The van der Waals surface area contributed by atoms with Gasteiger partial charge in [-0.25, -0.2) is 4.99 Å². The monoisotopic (exact) mass is 343 g/mol. The maximum Gasteiger partial charge on any atom is 0.238 e. The van der Waals surface area contributed by atoms with Gasteiger partial charge in [-0.15, -0.1) is 0 Å². The summed E-state index contributed by atoms with van der Waals surface area (Å²) in [6, 6.07) is 7.20. The van der Waals surface area contributed by atoms with Crippen molar-refractivity contribution in [1.29, 1.82) is 0 Å². The maximum atomic E-state index is 11.3. The Kier molecular flexibility index (Phi) is 12.0. The third-order valence-electron chi connectivity index (χ3n) is 2.56. The molecule has 1 rings (SSSR count). The van der Waals surface area contributed by atoms with E-state index in [0.29, 0.717) is 11.5 Å². The van der Waals surface area contributed by atoms with Crippen molar-refractivity contribution >= 4 is 23.5 Å². The molecule has 0 heterocycles. The minimum atomic E-state index is -0.248. The summed E-state index contributed by atoms with van der Waals surface area (Å²) in [7, 11) is 0. The topological polar surface area (TPSA) is 91.5 Å². The zero-order chi connectivity index (χ0) is 19.1. The molecule has 1 aromatic rings. The van der Waals surface area contributed by atoms with E-state index >= 15 is 0 Å². The first-order valence-corrected chi connectivity index (χ1v) is 8.14. The average Bonchev–Trinajstić information content (AvgIpc) is 2.59. The van der Waals surface area contributed by atoms with Gasteiger partial charge in [-0.05, 0) is 31.3 Å². The lowest BCUT2D eigenvalue weighted by molar-refractivity contribution is -0.114. The van der Waals surface area contributed by atoms with Crippen LogP contribution in [0.25, 0.3) is 0 Å². The zero-order valence-electron chi connectivity index (χ0n) is 15.3. The van der Waals surface area contributed by atoms with Gasteiger partial charge < -0.3 is 21.7 Å². The third kappa shape index (κ3) is 10.5. The van der Waals surface area contributed by atoms with Crippen LogP contribution < -0.4 is 21.7 Å². The first-order valence-electron chi connectivity index (χ1n) is 8.14. The van der Waals surface area contributed by atoms with Gasteiger partial charge in [0.15, 0.2) is 0 Å². The molecule has 0 saturated heterocycles. The molecule has 0 radical (unpaired) electrons. The van der Waals surface area contributed by atoms with Crippen molar-refractivity contribution in [2.75, 3.05) is 17.2 Å². The van der Waals surface area contributed by atoms with Crippen molar-refractivity contribution in [3.8, 4) is 0 Å². The molecule has 1 amide bonds. The molecule has 6 heteroatoms. The van der Waals surface area contributed by atoms with Crippen molar-refractivity contribution in [3.05, 3.63) is 61.2 Å². The second-order valence-corrected chi connectivity index (χ2v) is 4.96. The molecule has 5 N–H and O–H groups in total. The smallest absolute Gasteiger partial charge is 0.238 e. The minimum absolute atomic E-state index is 0.0584. The van der Waals surface area contributed by atoms with Crippen LogP contribution in [0.1, 0.15) is 27.2 Å². The molecule has 0 bridgehead atoms. The van der Waals surface area contributed by atoms with Gasteiger partial charge in [-0.1, -0.05) is 45.6 Å². The molecule has 0 aliphatic heterocycles. The van der Waals surface area contributed by atoms with E-state index in [2.05, 4.69) is 47.9 Å². The van der Waals surface area contributed by atoms with Gasteiger partial charge in [0.2, 0.25) is 5.91 Å².